The van der Waals surface area contributed by atoms with Gasteiger partial charge in [0, 0.05) is 19.5 Å². The number of nitrogens with zero attached hydrogens (tertiary/aromatic N) is 3. The highest BCUT2D eigenvalue weighted by Crippen LogP contribution is 2.26. The van der Waals surface area contributed by atoms with E-state index < -0.39 is 0 Å². The molecule has 1 aromatic carbocycles. The molecule has 0 bridgehead atoms. The number of esters is 1. The van der Waals surface area contributed by atoms with Crippen LogP contribution in [0.15, 0.2) is 29.1 Å². The second kappa shape index (κ2) is 10.9. The van der Waals surface area contributed by atoms with Crippen LogP contribution in [0.3, 0.4) is 0 Å². The van der Waals surface area contributed by atoms with Crippen LogP contribution in [0.5, 0.6) is 0 Å². The van der Waals surface area contributed by atoms with Crippen molar-refractivity contribution in [3.05, 3.63) is 40.4 Å². The Kier molecular flexibility index (Phi) is 8.57. The molecule has 0 saturated carbocycles. The van der Waals surface area contributed by atoms with Crippen LogP contribution in [-0.2, 0) is 20.9 Å². The molecule has 7 heteroatoms. The predicted molar refractivity (Wildman–Crippen MR) is 117 cm³/mol. The van der Waals surface area contributed by atoms with Gasteiger partial charge in [0.15, 0.2) is 0 Å². The van der Waals surface area contributed by atoms with Crippen LogP contribution in [0, 0.1) is 5.92 Å². The zero-order valence-corrected chi connectivity index (χ0v) is 18.7. The molecule has 2 rings (SSSR count). The van der Waals surface area contributed by atoms with Gasteiger partial charge in [-0.2, -0.15) is 0 Å². The lowest BCUT2D eigenvalue weighted by Gasteiger charge is -2.33. The fourth-order valence-corrected chi connectivity index (χ4v) is 3.67. The average Bonchev–Trinajstić information content (AvgIpc) is 2.72. The summed E-state index contributed by atoms with van der Waals surface area (Å²) in [6, 6.07) is 6.93. The van der Waals surface area contributed by atoms with E-state index in [1.165, 1.54) is 0 Å². The van der Waals surface area contributed by atoms with Crippen molar-refractivity contribution in [2.24, 2.45) is 5.92 Å². The first-order chi connectivity index (χ1) is 14.3. The van der Waals surface area contributed by atoms with Gasteiger partial charge in [0.1, 0.15) is 5.82 Å². The predicted octanol–water partition coefficient (Wildman–Crippen LogP) is 3.70. The Labute approximate surface area is 178 Å². The molecule has 0 radical (unpaired) electrons. The van der Waals surface area contributed by atoms with E-state index in [1.807, 2.05) is 45.9 Å². The number of hydrogen-bond acceptors (Lipinski definition) is 5. The van der Waals surface area contributed by atoms with Crippen LogP contribution < -0.4 is 5.56 Å². The van der Waals surface area contributed by atoms with Gasteiger partial charge in [-0.3, -0.25) is 19.0 Å². The summed E-state index contributed by atoms with van der Waals surface area (Å²) < 4.78 is 6.61. The van der Waals surface area contributed by atoms with Gasteiger partial charge >= 0.3 is 5.97 Å². The molecule has 0 spiro atoms. The number of benzene rings is 1. The molecule has 0 fully saturated rings. The minimum absolute atomic E-state index is 0.0451. The first-order valence-corrected chi connectivity index (χ1v) is 10.8. The largest absolute Gasteiger partial charge is 0.466 e. The number of carbonyl (C=O) groups excluding carboxylic acids is 2. The molecule has 0 saturated heterocycles. The quantitative estimate of drug-likeness (QED) is 0.553. The highest BCUT2D eigenvalue weighted by molar-refractivity contribution is 5.82. The maximum atomic E-state index is 13.1. The molecule has 7 nitrogen and oxygen atoms in total. The van der Waals surface area contributed by atoms with Gasteiger partial charge in [-0.05, 0) is 38.3 Å². The molecule has 1 atom stereocenters. The highest BCUT2D eigenvalue weighted by Gasteiger charge is 2.29. The van der Waals surface area contributed by atoms with Gasteiger partial charge in [0.2, 0.25) is 5.91 Å². The number of fused-ring (bicyclic) bond motifs is 1. The SMILES string of the molecule is CCOC(=O)CCC(=O)N(CC(C)C)C(CC)c1nc2ccccc2c(=O)n1CC. The number of aromatic nitrogens is 2. The second-order valence-corrected chi connectivity index (χ2v) is 7.71. The molecule has 1 heterocycles. The van der Waals surface area contributed by atoms with Gasteiger partial charge in [-0.1, -0.05) is 32.9 Å². The fraction of sp³-hybridized carbons (Fsp3) is 0.565. The molecule has 0 aliphatic carbocycles. The van der Waals surface area contributed by atoms with Crippen LogP contribution in [-0.4, -0.2) is 39.5 Å². The summed E-state index contributed by atoms with van der Waals surface area (Å²) >= 11 is 0. The van der Waals surface area contributed by atoms with E-state index in [1.54, 1.807) is 22.5 Å². The first-order valence-electron chi connectivity index (χ1n) is 10.8. The zero-order valence-electron chi connectivity index (χ0n) is 18.7. The molecule has 1 amide bonds. The summed E-state index contributed by atoms with van der Waals surface area (Å²) in [5, 5.41) is 0.571. The van der Waals surface area contributed by atoms with Crippen molar-refractivity contribution in [2.75, 3.05) is 13.2 Å². The van der Waals surface area contributed by atoms with Crippen LogP contribution in [0.25, 0.3) is 10.9 Å². The summed E-state index contributed by atoms with van der Waals surface area (Å²) in [7, 11) is 0. The van der Waals surface area contributed by atoms with Crippen LogP contribution in [0.2, 0.25) is 0 Å². The summed E-state index contributed by atoms with van der Waals surface area (Å²) in [6.45, 7) is 11.0. The third-order valence-corrected chi connectivity index (χ3v) is 5.00. The number of carbonyl (C=O) groups is 2. The topological polar surface area (TPSA) is 81.5 Å². The monoisotopic (exact) mass is 415 g/mol. The lowest BCUT2D eigenvalue weighted by molar-refractivity contribution is -0.146. The number of ether oxygens (including phenoxy) is 1. The highest BCUT2D eigenvalue weighted by atomic mass is 16.5. The van der Waals surface area contributed by atoms with Crippen molar-refractivity contribution in [2.45, 2.75) is 66.5 Å². The Morgan fingerprint density at radius 1 is 1.13 bits per heavy atom. The van der Waals surface area contributed by atoms with Crippen LogP contribution >= 0.6 is 0 Å². The summed E-state index contributed by atoms with van der Waals surface area (Å²) in [5.74, 6) is 0.313. The molecule has 0 aliphatic heterocycles. The van der Waals surface area contributed by atoms with Gasteiger partial charge in [-0.25, -0.2) is 4.98 Å². The number of amides is 1. The number of para-hydroxylation sites is 1. The van der Waals surface area contributed by atoms with E-state index in [9.17, 15) is 14.4 Å². The van der Waals surface area contributed by atoms with E-state index in [0.717, 1.165) is 0 Å². The molecule has 164 valence electrons. The zero-order chi connectivity index (χ0) is 22.3. The third kappa shape index (κ3) is 5.46. The van der Waals surface area contributed by atoms with E-state index in [4.69, 9.17) is 9.72 Å². The van der Waals surface area contributed by atoms with Crippen molar-refractivity contribution in [1.29, 1.82) is 0 Å². The molecule has 0 aliphatic rings. The fourth-order valence-electron chi connectivity index (χ4n) is 3.67. The first kappa shape index (κ1) is 23.6. The Hall–Kier alpha value is -2.70. The van der Waals surface area contributed by atoms with Crippen molar-refractivity contribution < 1.29 is 14.3 Å². The Balaban J connectivity index is 2.47. The van der Waals surface area contributed by atoms with E-state index in [2.05, 4.69) is 0 Å². The van der Waals surface area contributed by atoms with E-state index in [-0.39, 0.29) is 42.2 Å². The summed E-state index contributed by atoms with van der Waals surface area (Å²) in [6.07, 6.45) is 0.734. The molecule has 0 N–H and O–H groups in total. The van der Waals surface area contributed by atoms with E-state index in [0.29, 0.717) is 42.8 Å². The smallest absolute Gasteiger partial charge is 0.306 e. The second-order valence-electron chi connectivity index (χ2n) is 7.71. The molecule has 30 heavy (non-hydrogen) atoms. The van der Waals surface area contributed by atoms with Crippen molar-refractivity contribution in [1.82, 2.24) is 14.5 Å². The lowest BCUT2D eigenvalue weighted by atomic mass is 10.1. The number of hydrogen-bond donors (Lipinski definition) is 0. The van der Waals surface area contributed by atoms with Crippen LogP contribution in [0.4, 0.5) is 0 Å². The number of rotatable bonds is 10. The van der Waals surface area contributed by atoms with Gasteiger partial charge in [0.25, 0.3) is 5.56 Å². The molecule has 1 aromatic heterocycles. The van der Waals surface area contributed by atoms with Gasteiger partial charge in [-0.15, -0.1) is 0 Å². The van der Waals surface area contributed by atoms with Gasteiger partial charge < -0.3 is 9.64 Å². The maximum Gasteiger partial charge on any atom is 0.306 e. The van der Waals surface area contributed by atoms with E-state index >= 15 is 0 Å². The average molecular weight is 416 g/mol. The Morgan fingerprint density at radius 3 is 2.43 bits per heavy atom. The van der Waals surface area contributed by atoms with Crippen molar-refractivity contribution in [3.63, 3.8) is 0 Å². The molecular formula is C23H33N3O4. The minimum atomic E-state index is -0.377. The van der Waals surface area contributed by atoms with Crippen LogP contribution in [0.1, 0.15) is 65.7 Å². The minimum Gasteiger partial charge on any atom is -0.466 e. The lowest BCUT2D eigenvalue weighted by Crippen LogP contribution is -2.40. The standard InChI is InChI=1S/C23H33N3O4/c1-6-19(26(15-16(4)5)20(27)13-14-21(28)30-8-3)22-24-18-12-10-9-11-17(18)23(29)25(22)7-2/h9-12,16,19H,6-8,13-15H2,1-5H3. The Bertz CT molecular complexity index is 936. The molecule has 2 aromatic rings. The maximum absolute atomic E-state index is 13.1. The van der Waals surface area contributed by atoms with Gasteiger partial charge in [0.05, 0.1) is 30.0 Å². The van der Waals surface area contributed by atoms with Crippen molar-refractivity contribution in [3.8, 4) is 0 Å². The Morgan fingerprint density at radius 2 is 1.83 bits per heavy atom. The summed E-state index contributed by atoms with van der Waals surface area (Å²) in [5.41, 5.74) is 0.532. The molecular weight excluding hydrogens is 382 g/mol. The normalized spacial score (nSPS) is 12.2. The molecule has 1 unspecified atom stereocenters. The third-order valence-electron chi connectivity index (χ3n) is 5.00. The van der Waals surface area contributed by atoms with Crippen molar-refractivity contribution >= 4 is 22.8 Å². The summed E-state index contributed by atoms with van der Waals surface area (Å²) in [4.78, 5) is 44.5.